The molecule has 1 atom stereocenters. The van der Waals surface area contributed by atoms with Gasteiger partial charge in [-0.3, -0.25) is 0 Å². The molecule has 0 amide bonds. The number of nitrogens with zero attached hydrogens (tertiary/aromatic N) is 3. The quantitative estimate of drug-likeness (QED) is 0.392. The monoisotopic (exact) mass is 491 g/mol. The zero-order chi connectivity index (χ0) is 25.5. The zero-order valence-corrected chi connectivity index (χ0v) is 22.1. The van der Waals surface area contributed by atoms with E-state index in [1.165, 1.54) is 12.0 Å². The van der Waals surface area contributed by atoms with Crippen LogP contribution >= 0.6 is 0 Å². The molecule has 2 aliphatic heterocycles. The molecule has 194 valence electrons. The minimum atomic E-state index is -0.124. The number of hydrogen-bond donors (Lipinski definition) is 2. The molecule has 0 radical (unpaired) electrons. The van der Waals surface area contributed by atoms with Crippen LogP contribution in [-0.4, -0.2) is 47.5 Å². The van der Waals surface area contributed by atoms with Crippen LogP contribution in [-0.2, 0) is 19.3 Å². The molecule has 0 saturated carbocycles. The molecule has 0 spiro atoms. The number of hydrogen-bond acceptors (Lipinski definition) is 5. The predicted octanol–water partition coefficient (Wildman–Crippen LogP) is 5.81. The average Bonchev–Trinajstić information content (AvgIpc) is 3.25. The second-order valence-corrected chi connectivity index (χ2v) is 10.00. The summed E-state index contributed by atoms with van der Waals surface area (Å²) in [6.07, 6.45) is 6.73. The summed E-state index contributed by atoms with van der Waals surface area (Å²) in [5, 5.41) is 6.86. The van der Waals surface area contributed by atoms with Crippen molar-refractivity contribution in [3.05, 3.63) is 83.2 Å². The van der Waals surface area contributed by atoms with Crippen LogP contribution in [0.5, 0.6) is 0 Å². The molecule has 1 aromatic heterocycles. The van der Waals surface area contributed by atoms with Crippen molar-refractivity contribution in [2.75, 3.05) is 38.0 Å². The van der Waals surface area contributed by atoms with Gasteiger partial charge in [-0.2, -0.15) is 0 Å². The molecule has 1 fully saturated rings. The van der Waals surface area contributed by atoms with Crippen molar-refractivity contribution in [1.82, 2.24) is 20.1 Å². The molecule has 2 N–H and O–H groups in total. The Bertz CT molecular complexity index is 1070. The van der Waals surface area contributed by atoms with Gasteiger partial charge in [0.2, 0.25) is 0 Å². The number of pyridine rings is 1. The van der Waals surface area contributed by atoms with Crippen LogP contribution in [0, 0.1) is 5.82 Å². The number of anilines is 1. The Kier molecular flexibility index (Phi) is 8.89. The van der Waals surface area contributed by atoms with Gasteiger partial charge in [-0.1, -0.05) is 45.2 Å². The highest BCUT2D eigenvalue weighted by Crippen LogP contribution is 2.34. The highest BCUT2D eigenvalue weighted by atomic mass is 19.1. The van der Waals surface area contributed by atoms with E-state index in [4.69, 9.17) is 4.98 Å². The molecule has 0 aliphatic carbocycles. The number of nitrogens with one attached hydrogen (secondary N) is 2. The standard InChI is InChI=1S/C30H42FN5/c1-5-15-32-22(3)20-29(26-12-11-24(6-2)28(31)21-26)36-19-18-35(23(36)4)17-8-10-27-14-13-25-9-7-16-33-30(25)34-27/h11-14,21,29,32H,3-10,15-20H2,1-2H3,(H,33,34). The number of aryl methyl sites for hydroxylation is 3. The molecule has 36 heavy (non-hydrogen) atoms. The Morgan fingerprint density at radius 3 is 2.86 bits per heavy atom. The van der Waals surface area contributed by atoms with E-state index in [2.05, 4.69) is 58.7 Å². The van der Waals surface area contributed by atoms with Gasteiger partial charge < -0.3 is 20.4 Å². The van der Waals surface area contributed by atoms with Crippen molar-refractivity contribution < 1.29 is 4.39 Å². The van der Waals surface area contributed by atoms with Gasteiger partial charge in [0.25, 0.3) is 0 Å². The predicted molar refractivity (Wildman–Crippen MR) is 147 cm³/mol. The Hall–Kier alpha value is -3.02. The van der Waals surface area contributed by atoms with Gasteiger partial charge in [-0.15, -0.1) is 0 Å². The number of fused-ring (bicyclic) bond motifs is 1. The van der Waals surface area contributed by atoms with Crippen molar-refractivity contribution in [3.63, 3.8) is 0 Å². The zero-order valence-electron chi connectivity index (χ0n) is 22.1. The molecular formula is C30H42FN5. The molecule has 1 unspecified atom stereocenters. The number of halogens is 1. The van der Waals surface area contributed by atoms with Gasteiger partial charge in [0, 0.05) is 50.5 Å². The van der Waals surface area contributed by atoms with Crippen LogP contribution < -0.4 is 10.6 Å². The number of rotatable bonds is 12. The molecule has 0 bridgehead atoms. The van der Waals surface area contributed by atoms with Crippen LogP contribution in [0.1, 0.15) is 68.0 Å². The summed E-state index contributed by atoms with van der Waals surface area (Å²) < 4.78 is 14.7. The van der Waals surface area contributed by atoms with Gasteiger partial charge in [0.1, 0.15) is 11.6 Å². The first kappa shape index (κ1) is 26.1. The van der Waals surface area contributed by atoms with Crippen LogP contribution in [0.25, 0.3) is 0 Å². The lowest BCUT2D eigenvalue weighted by Gasteiger charge is -2.33. The van der Waals surface area contributed by atoms with Crippen molar-refractivity contribution in [2.24, 2.45) is 0 Å². The van der Waals surface area contributed by atoms with Crippen LogP contribution in [0.4, 0.5) is 10.2 Å². The summed E-state index contributed by atoms with van der Waals surface area (Å²) in [4.78, 5) is 9.54. The first-order valence-electron chi connectivity index (χ1n) is 13.6. The normalized spacial score (nSPS) is 16.0. The fourth-order valence-corrected chi connectivity index (χ4v) is 5.28. The maximum Gasteiger partial charge on any atom is 0.129 e. The maximum absolute atomic E-state index is 14.7. The molecule has 2 aliphatic rings. The fourth-order valence-electron chi connectivity index (χ4n) is 5.28. The Morgan fingerprint density at radius 1 is 1.22 bits per heavy atom. The molecule has 4 rings (SSSR count). The second-order valence-electron chi connectivity index (χ2n) is 10.00. The molecule has 6 heteroatoms. The largest absolute Gasteiger partial charge is 0.389 e. The van der Waals surface area contributed by atoms with Gasteiger partial charge >= 0.3 is 0 Å². The van der Waals surface area contributed by atoms with E-state index in [0.29, 0.717) is 6.42 Å². The highest BCUT2D eigenvalue weighted by molar-refractivity contribution is 5.47. The van der Waals surface area contributed by atoms with E-state index in [1.807, 2.05) is 13.0 Å². The summed E-state index contributed by atoms with van der Waals surface area (Å²) >= 11 is 0. The Labute approximate surface area is 216 Å². The fraction of sp³-hybridized carbons (Fsp3) is 0.500. The first-order chi connectivity index (χ1) is 17.5. The van der Waals surface area contributed by atoms with Crippen molar-refractivity contribution in [3.8, 4) is 0 Å². The third-order valence-electron chi connectivity index (χ3n) is 7.40. The SMILES string of the molecule is C=C(CC(c1ccc(CC)c(F)c1)N1CCN(CCCc2ccc3c(n2)NCCC3)C1=C)NCCC. The summed E-state index contributed by atoms with van der Waals surface area (Å²) in [6, 6.07) is 10.1. The van der Waals surface area contributed by atoms with E-state index in [-0.39, 0.29) is 11.9 Å². The minimum absolute atomic E-state index is 0.00755. The van der Waals surface area contributed by atoms with Crippen molar-refractivity contribution in [1.29, 1.82) is 0 Å². The first-order valence-corrected chi connectivity index (χ1v) is 13.6. The summed E-state index contributed by atoms with van der Waals surface area (Å²) in [6.45, 7) is 17.5. The van der Waals surface area contributed by atoms with Crippen LogP contribution in [0.3, 0.4) is 0 Å². The van der Waals surface area contributed by atoms with E-state index < -0.39 is 0 Å². The lowest BCUT2D eigenvalue weighted by Crippen LogP contribution is -2.29. The number of benzene rings is 1. The van der Waals surface area contributed by atoms with Gasteiger partial charge in [-0.05, 0) is 67.3 Å². The topological polar surface area (TPSA) is 43.4 Å². The van der Waals surface area contributed by atoms with E-state index in [0.717, 1.165) is 99.0 Å². The summed E-state index contributed by atoms with van der Waals surface area (Å²) in [5.41, 5.74) is 5.21. The van der Waals surface area contributed by atoms with Crippen LogP contribution in [0.15, 0.2) is 55.0 Å². The smallest absolute Gasteiger partial charge is 0.129 e. The number of aromatic nitrogens is 1. The Balaban J connectivity index is 1.40. The third-order valence-corrected chi connectivity index (χ3v) is 7.40. The summed E-state index contributed by atoms with van der Waals surface area (Å²) in [7, 11) is 0. The lowest BCUT2D eigenvalue weighted by molar-refractivity contribution is 0.262. The lowest BCUT2D eigenvalue weighted by atomic mass is 9.98. The third kappa shape index (κ3) is 6.21. The minimum Gasteiger partial charge on any atom is -0.389 e. The molecule has 5 nitrogen and oxygen atoms in total. The molecule has 2 aromatic rings. The molecule has 1 saturated heterocycles. The molecule has 1 aromatic carbocycles. The van der Waals surface area contributed by atoms with Crippen molar-refractivity contribution in [2.45, 2.75) is 64.8 Å². The highest BCUT2D eigenvalue weighted by Gasteiger charge is 2.30. The van der Waals surface area contributed by atoms with Gasteiger partial charge in [0.15, 0.2) is 0 Å². The maximum atomic E-state index is 14.7. The van der Waals surface area contributed by atoms with E-state index in [9.17, 15) is 4.39 Å². The molecular weight excluding hydrogens is 449 g/mol. The van der Waals surface area contributed by atoms with Gasteiger partial charge in [0.05, 0.1) is 11.9 Å². The van der Waals surface area contributed by atoms with Crippen LogP contribution in [0.2, 0.25) is 0 Å². The molecule has 3 heterocycles. The van der Waals surface area contributed by atoms with E-state index >= 15 is 0 Å². The van der Waals surface area contributed by atoms with Crippen molar-refractivity contribution >= 4 is 5.82 Å². The second kappa shape index (κ2) is 12.3. The Morgan fingerprint density at radius 2 is 2.08 bits per heavy atom. The van der Waals surface area contributed by atoms with Gasteiger partial charge in [-0.25, -0.2) is 9.37 Å². The summed E-state index contributed by atoms with van der Waals surface area (Å²) in [5.74, 6) is 1.96. The average molecular weight is 492 g/mol. The van der Waals surface area contributed by atoms with E-state index in [1.54, 1.807) is 6.07 Å².